The molecular weight excluding hydrogens is 338 g/mol. The maximum atomic E-state index is 12.3. The van der Waals surface area contributed by atoms with Gasteiger partial charge >= 0.3 is 12.6 Å². The van der Waals surface area contributed by atoms with Crippen molar-refractivity contribution < 1.29 is 23.0 Å². The molecule has 0 heterocycles. The second-order valence-corrected chi connectivity index (χ2v) is 7.19. The third kappa shape index (κ3) is 7.30. The lowest BCUT2D eigenvalue weighted by Crippen LogP contribution is -2.25. The van der Waals surface area contributed by atoms with Crippen LogP contribution in [-0.2, 0) is 4.79 Å². The van der Waals surface area contributed by atoms with Crippen LogP contribution < -0.4 is 9.47 Å². The largest absolute Gasteiger partial charge is 0.435 e. The third-order valence-electron chi connectivity index (χ3n) is 5.16. The van der Waals surface area contributed by atoms with Gasteiger partial charge in [-0.3, -0.25) is 4.79 Å². The maximum absolute atomic E-state index is 12.3. The molecule has 3 nitrogen and oxygen atoms in total. The van der Waals surface area contributed by atoms with E-state index in [0.29, 0.717) is 5.75 Å². The first-order valence-corrected chi connectivity index (χ1v) is 9.85. The summed E-state index contributed by atoms with van der Waals surface area (Å²) in [4.78, 5) is 12.3. The van der Waals surface area contributed by atoms with Crippen molar-refractivity contribution in [2.24, 2.45) is 11.8 Å². The summed E-state index contributed by atoms with van der Waals surface area (Å²) in [7, 11) is 0. The summed E-state index contributed by atoms with van der Waals surface area (Å²) in [6.45, 7) is -0.628. The zero-order valence-electron chi connectivity index (χ0n) is 15.6. The lowest BCUT2D eigenvalue weighted by molar-refractivity contribution is -0.140. The van der Waals surface area contributed by atoms with E-state index in [2.05, 4.69) is 11.7 Å². The Kier molecular flexibility index (Phi) is 8.86. The van der Waals surface area contributed by atoms with Crippen LogP contribution in [0.25, 0.3) is 0 Å². The van der Waals surface area contributed by atoms with Gasteiger partial charge in [0, 0.05) is 0 Å². The van der Waals surface area contributed by atoms with E-state index in [9.17, 15) is 13.6 Å². The Morgan fingerprint density at radius 2 is 1.62 bits per heavy atom. The number of alkyl halides is 2. The van der Waals surface area contributed by atoms with Gasteiger partial charge in [0.15, 0.2) is 0 Å². The summed E-state index contributed by atoms with van der Waals surface area (Å²) < 4.78 is 33.9. The van der Waals surface area contributed by atoms with E-state index in [1.165, 1.54) is 62.8 Å². The number of unbranched alkanes of at least 4 members (excludes halogenated alkanes) is 4. The van der Waals surface area contributed by atoms with Crippen LogP contribution in [0.5, 0.6) is 11.5 Å². The molecule has 5 heteroatoms. The maximum Gasteiger partial charge on any atom is 0.387 e. The van der Waals surface area contributed by atoms with E-state index in [4.69, 9.17) is 4.74 Å². The third-order valence-corrected chi connectivity index (χ3v) is 5.16. The summed E-state index contributed by atoms with van der Waals surface area (Å²) in [6.07, 6.45) is 11.8. The SMILES string of the molecule is CCCCCCC[C@H]1CC[C@H](C(=O)Oc2ccc(OC(F)F)cc2)CC1. The van der Waals surface area contributed by atoms with Gasteiger partial charge in [0.25, 0.3) is 0 Å². The molecule has 0 unspecified atom stereocenters. The molecule has 0 atom stereocenters. The van der Waals surface area contributed by atoms with Gasteiger partial charge in [-0.1, -0.05) is 45.4 Å². The molecule has 1 aliphatic rings. The first kappa shape index (κ1) is 20.7. The van der Waals surface area contributed by atoms with Gasteiger partial charge in [-0.25, -0.2) is 0 Å². The van der Waals surface area contributed by atoms with Crippen LogP contribution in [0.3, 0.4) is 0 Å². The fraction of sp³-hybridized carbons (Fsp3) is 0.667. The molecule has 1 aromatic rings. The average molecular weight is 368 g/mol. The van der Waals surface area contributed by atoms with E-state index in [1.54, 1.807) is 0 Å². The fourth-order valence-corrected chi connectivity index (χ4v) is 3.61. The quantitative estimate of drug-likeness (QED) is 0.274. The van der Waals surface area contributed by atoms with Crippen molar-refractivity contribution in [3.8, 4) is 11.5 Å². The first-order valence-electron chi connectivity index (χ1n) is 9.85. The molecule has 0 aliphatic heterocycles. The predicted molar refractivity (Wildman–Crippen MR) is 97.5 cm³/mol. The van der Waals surface area contributed by atoms with Crippen LogP contribution in [0, 0.1) is 11.8 Å². The number of hydrogen-bond donors (Lipinski definition) is 0. The van der Waals surface area contributed by atoms with Crippen LogP contribution >= 0.6 is 0 Å². The molecule has 0 N–H and O–H groups in total. The van der Waals surface area contributed by atoms with Crippen LogP contribution in [0.15, 0.2) is 24.3 Å². The number of ether oxygens (including phenoxy) is 2. The summed E-state index contributed by atoms with van der Waals surface area (Å²) in [5, 5.41) is 0. The minimum absolute atomic E-state index is 0.0525. The Bertz CT molecular complexity index is 523. The molecule has 0 aromatic heterocycles. The number of esters is 1. The Morgan fingerprint density at radius 1 is 1.00 bits per heavy atom. The summed E-state index contributed by atoms with van der Waals surface area (Å²) >= 11 is 0. The van der Waals surface area contributed by atoms with Gasteiger partial charge < -0.3 is 9.47 Å². The number of halogens is 2. The molecular formula is C21H30F2O3. The van der Waals surface area contributed by atoms with Crippen molar-refractivity contribution in [3.05, 3.63) is 24.3 Å². The molecule has 26 heavy (non-hydrogen) atoms. The van der Waals surface area contributed by atoms with Crippen LogP contribution in [0.4, 0.5) is 8.78 Å². The normalized spacial score (nSPS) is 20.2. The first-order chi connectivity index (χ1) is 12.6. The molecule has 146 valence electrons. The van der Waals surface area contributed by atoms with Crippen molar-refractivity contribution in [1.82, 2.24) is 0 Å². The summed E-state index contributed by atoms with van der Waals surface area (Å²) in [5.41, 5.74) is 0. The van der Waals surface area contributed by atoms with Crippen molar-refractivity contribution in [3.63, 3.8) is 0 Å². The van der Waals surface area contributed by atoms with Crippen molar-refractivity contribution in [1.29, 1.82) is 0 Å². The van der Waals surface area contributed by atoms with Crippen LogP contribution in [-0.4, -0.2) is 12.6 Å². The van der Waals surface area contributed by atoms with Gasteiger partial charge in [0.05, 0.1) is 5.92 Å². The van der Waals surface area contributed by atoms with Crippen molar-refractivity contribution in [2.45, 2.75) is 77.7 Å². The van der Waals surface area contributed by atoms with Gasteiger partial charge in [0.1, 0.15) is 11.5 Å². The Balaban J connectivity index is 1.68. The number of carbonyl (C=O) groups excluding carboxylic acids is 1. The van der Waals surface area contributed by atoms with E-state index >= 15 is 0 Å². The van der Waals surface area contributed by atoms with Gasteiger partial charge in [-0.15, -0.1) is 0 Å². The molecule has 2 rings (SSSR count). The highest BCUT2D eigenvalue weighted by atomic mass is 19.3. The zero-order chi connectivity index (χ0) is 18.8. The second-order valence-electron chi connectivity index (χ2n) is 7.19. The topological polar surface area (TPSA) is 35.5 Å². The highest BCUT2D eigenvalue weighted by Gasteiger charge is 2.27. The minimum atomic E-state index is -2.86. The second kappa shape index (κ2) is 11.1. The number of carbonyl (C=O) groups is 1. The Hall–Kier alpha value is -1.65. The molecule has 1 fully saturated rings. The molecule has 0 bridgehead atoms. The van der Waals surface area contributed by atoms with E-state index in [1.807, 2.05) is 0 Å². The Morgan fingerprint density at radius 3 is 2.23 bits per heavy atom. The molecule has 0 radical (unpaired) electrons. The monoisotopic (exact) mass is 368 g/mol. The van der Waals surface area contributed by atoms with E-state index in [0.717, 1.165) is 31.6 Å². The van der Waals surface area contributed by atoms with Crippen molar-refractivity contribution >= 4 is 5.97 Å². The predicted octanol–water partition coefficient (Wildman–Crippen LogP) is 6.36. The van der Waals surface area contributed by atoms with E-state index in [-0.39, 0.29) is 17.6 Å². The lowest BCUT2D eigenvalue weighted by Gasteiger charge is -2.27. The summed E-state index contributed by atoms with van der Waals surface area (Å²) in [6, 6.07) is 5.73. The highest BCUT2D eigenvalue weighted by Crippen LogP contribution is 2.33. The van der Waals surface area contributed by atoms with Gasteiger partial charge in [-0.05, 0) is 55.9 Å². The summed E-state index contributed by atoms with van der Waals surface area (Å²) in [5.74, 6) is 0.901. The van der Waals surface area contributed by atoms with Crippen LogP contribution in [0.2, 0.25) is 0 Å². The average Bonchev–Trinajstić information content (AvgIpc) is 2.63. The molecule has 1 saturated carbocycles. The zero-order valence-corrected chi connectivity index (χ0v) is 15.6. The smallest absolute Gasteiger partial charge is 0.387 e. The number of hydrogen-bond acceptors (Lipinski definition) is 3. The molecule has 1 aromatic carbocycles. The van der Waals surface area contributed by atoms with Gasteiger partial charge in [-0.2, -0.15) is 8.78 Å². The van der Waals surface area contributed by atoms with Crippen molar-refractivity contribution in [2.75, 3.05) is 0 Å². The molecule has 0 spiro atoms. The molecule has 0 saturated heterocycles. The molecule has 0 amide bonds. The Labute approximate surface area is 155 Å². The van der Waals surface area contributed by atoms with Crippen LogP contribution in [0.1, 0.15) is 71.1 Å². The van der Waals surface area contributed by atoms with E-state index < -0.39 is 6.61 Å². The molecule has 1 aliphatic carbocycles. The minimum Gasteiger partial charge on any atom is -0.435 e. The number of benzene rings is 1. The van der Waals surface area contributed by atoms with Gasteiger partial charge in [0.2, 0.25) is 0 Å². The standard InChI is InChI=1S/C21H30F2O3/c1-2-3-4-5-6-7-16-8-10-17(11-9-16)20(24)25-18-12-14-19(15-13-18)26-21(22)23/h12-17,21H,2-11H2,1H3/t16-,17-. The fourth-order valence-electron chi connectivity index (χ4n) is 3.61. The number of rotatable bonds is 10. The highest BCUT2D eigenvalue weighted by molar-refractivity contribution is 5.75. The lowest BCUT2D eigenvalue weighted by atomic mass is 9.80.